The molecule has 1 aromatic carbocycles. The van der Waals surface area contributed by atoms with Crippen molar-refractivity contribution in [3.05, 3.63) is 71.3 Å². The lowest BCUT2D eigenvalue weighted by atomic mass is 10.0. The summed E-state index contributed by atoms with van der Waals surface area (Å²) >= 11 is 0. The molecule has 0 bridgehead atoms. The number of furan rings is 1. The van der Waals surface area contributed by atoms with Crippen molar-refractivity contribution in [2.45, 2.75) is 31.6 Å². The molecule has 3 aromatic rings. The Kier molecular flexibility index (Phi) is 5.17. The number of nitrogens with zero attached hydrogens (tertiary/aromatic N) is 2. The molecule has 3 N–H and O–H groups in total. The first-order chi connectivity index (χ1) is 14.7. The van der Waals surface area contributed by atoms with E-state index in [0.29, 0.717) is 11.3 Å². The topological polar surface area (TPSA) is 101 Å². The van der Waals surface area contributed by atoms with E-state index in [1.165, 1.54) is 12.3 Å². The van der Waals surface area contributed by atoms with Gasteiger partial charge in [0.25, 0.3) is 11.8 Å². The SMILES string of the molecule is Cc1cccc(C(=O)NNC(=O)c2cc3n(n2)[C@@H](C(F)(F)F)C[C@@H](c2ccco2)N3)c1. The van der Waals surface area contributed by atoms with Crippen molar-refractivity contribution in [1.82, 2.24) is 20.6 Å². The van der Waals surface area contributed by atoms with Gasteiger partial charge in [0, 0.05) is 18.1 Å². The Labute approximate surface area is 174 Å². The van der Waals surface area contributed by atoms with Crippen LogP contribution in [0.5, 0.6) is 0 Å². The summed E-state index contributed by atoms with van der Waals surface area (Å²) in [5.74, 6) is -1.05. The molecule has 3 heterocycles. The molecule has 8 nitrogen and oxygen atoms in total. The number of amides is 2. The number of halogens is 3. The first-order valence-corrected chi connectivity index (χ1v) is 9.36. The summed E-state index contributed by atoms with van der Waals surface area (Å²) in [7, 11) is 0. The number of hydrazine groups is 1. The van der Waals surface area contributed by atoms with E-state index in [1.54, 1.807) is 30.3 Å². The zero-order valence-electron chi connectivity index (χ0n) is 16.2. The fraction of sp³-hybridized carbons (Fsp3) is 0.250. The van der Waals surface area contributed by atoms with Crippen LogP contribution in [0.2, 0.25) is 0 Å². The van der Waals surface area contributed by atoms with Crippen LogP contribution in [-0.2, 0) is 0 Å². The Morgan fingerprint density at radius 2 is 1.94 bits per heavy atom. The van der Waals surface area contributed by atoms with E-state index in [0.717, 1.165) is 10.2 Å². The van der Waals surface area contributed by atoms with Gasteiger partial charge in [-0.25, -0.2) is 4.68 Å². The highest BCUT2D eigenvalue weighted by atomic mass is 19.4. The van der Waals surface area contributed by atoms with Crippen LogP contribution < -0.4 is 16.2 Å². The molecule has 11 heteroatoms. The Hall–Kier alpha value is -3.76. The Bertz CT molecular complexity index is 1110. The number of benzene rings is 1. The Morgan fingerprint density at radius 1 is 1.16 bits per heavy atom. The molecule has 0 fully saturated rings. The smallest absolute Gasteiger partial charge is 0.410 e. The molecule has 31 heavy (non-hydrogen) atoms. The van der Waals surface area contributed by atoms with Crippen LogP contribution in [0.1, 0.15) is 50.7 Å². The highest BCUT2D eigenvalue weighted by molar-refractivity contribution is 5.98. The van der Waals surface area contributed by atoms with Crippen molar-refractivity contribution >= 4 is 17.6 Å². The number of aryl methyl sites for hydroxylation is 1. The van der Waals surface area contributed by atoms with Crippen LogP contribution >= 0.6 is 0 Å². The van der Waals surface area contributed by atoms with Crippen molar-refractivity contribution in [2.24, 2.45) is 0 Å². The summed E-state index contributed by atoms with van der Waals surface area (Å²) in [5, 5.41) is 6.73. The third kappa shape index (κ3) is 4.25. The van der Waals surface area contributed by atoms with Crippen LogP contribution in [0.3, 0.4) is 0 Å². The second-order valence-electron chi connectivity index (χ2n) is 7.14. The largest absolute Gasteiger partial charge is 0.467 e. The van der Waals surface area contributed by atoms with Gasteiger partial charge in [-0.3, -0.25) is 20.4 Å². The van der Waals surface area contributed by atoms with Gasteiger partial charge in [0.05, 0.1) is 12.3 Å². The third-order valence-corrected chi connectivity index (χ3v) is 4.88. The number of anilines is 1. The maximum Gasteiger partial charge on any atom is 0.410 e. The van der Waals surface area contributed by atoms with Crippen LogP contribution in [0.25, 0.3) is 0 Å². The standard InChI is InChI=1S/C20H18F3N5O3/c1-11-4-2-5-12(8-11)18(29)25-26-19(30)14-10-17-24-13(15-6-3-7-31-15)9-16(20(21,22)23)28(17)27-14/h2-8,10,13,16,24H,9H2,1H3,(H,25,29)(H,26,30)/t13-,16+/m0/s1. The van der Waals surface area contributed by atoms with E-state index in [4.69, 9.17) is 4.42 Å². The second kappa shape index (κ2) is 7.82. The number of hydrogen-bond donors (Lipinski definition) is 3. The average molecular weight is 433 g/mol. The van der Waals surface area contributed by atoms with Crippen LogP contribution in [-0.4, -0.2) is 27.8 Å². The van der Waals surface area contributed by atoms with Crippen molar-refractivity contribution in [3.63, 3.8) is 0 Å². The van der Waals surface area contributed by atoms with Crippen LogP contribution in [0.4, 0.5) is 19.0 Å². The number of carbonyl (C=O) groups is 2. The number of alkyl halides is 3. The molecule has 0 unspecified atom stereocenters. The summed E-state index contributed by atoms with van der Waals surface area (Å²) in [4.78, 5) is 24.6. The first kappa shape index (κ1) is 20.5. The summed E-state index contributed by atoms with van der Waals surface area (Å²) in [6, 6.07) is 8.37. The highest BCUT2D eigenvalue weighted by Gasteiger charge is 2.47. The van der Waals surface area contributed by atoms with Crippen LogP contribution in [0.15, 0.2) is 53.1 Å². The third-order valence-electron chi connectivity index (χ3n) is 4.88. The zero-order chi connectivity index (χ0) is 22.2. The summed E-state index contributed by atoms with van der Waals surface area (Å²) in [5.41, 5.74) is 5.31. The maximum absolute atomic E-state index is 13.6. The fourth-order valence-corrected chi connectivity index (χ4v) is 3.40. The minimum atomic E-state index is -4.58. The summed E-state index contributed by atoms with van der Waals surface area (Å²) in [6.45, 7) is 1.81. The average Bonchev–Trinajstić information content (AvgIpc) is 3.39. The predicted octanol–water partition coefficient (Wildman–Crippen LogP) is 3.52. The predicted molar refractivity (Wildman–Crippen MR) is 103 cm³/mol. The van der Waals surface area contributed by atoms with E-state index in [2.05, 4.69) is 21.3 Å². The lowest BCUT2D eigenvalue weighted by molar-refractivity contribution is -0.174. The molecule has 2 amide bonds. The van der Waals surface area contributed by atoms with Gasteiger partial charge in [-0.2, -0.15) is 18.3 Å². The summed E-state index contributed by atoms with van der Waals surface area (Å²) in [6.07, 6.45) is -3.56. The molecule has 0 saturated heterocycles. The molecular formula is C20H18F3N5O3. The monoisotopic (exact) mass is 433 g/mol. The van der Waals surface area contributed by atoms with Gasteiger partial charge in [-0.1, -0.05) is 17.7 Å². The lowest BCUT2D eigenvalue weighted by Gasteiger charge is -2.32. The highest BCUT2D eigenvalue weighted by Crippen LogP contribution is 2.43. The molecule has 1 aliphatic heterocycles. The van der Waals surface area contributed by atoms with E-state index < -0.39 is 30.1 Å². The molecule has 2 atom stereocenters. The molecule has 0 spiro atoms. The number of rotatable bonds is 3. The first-order valence-electron chi connectivity index (χ1n) is 9.36. The van der Waals surface area contributed by atoms with E-state index in [9.17, 15) is 22.8 Å². The molecule has 0 radical (unpaired) electrons. The second-order valence-corrected chi connectivity index (χ2v) is 7.14. The van der Waals surface area contributed by atoms with Crippen molar-refractivity contribution in [1.29, 1.82) is 0 Å². The minimum absolute atomic E-state index is 0.0186. The maximum atomic E-state index is 13.6. The molecule has 0 saturated carbocycles. The molecule has 2 aromatic heterocycles. The lowest BCUT2D eigenvalue weighted by Crippen LogP contribution is -2.42. The van der Waals surface area contributed by atoms with Gasteiger partial charge >= 0.3 is 6.18 Å². The van der Waals surface area contributed by atoms with E-state index >= 15 is 0 Å². The Balaban J connectivity index is 1.52. The molecular weight excluding hydrogens is 415 g/mol. The number of nitrogens with one attached hydrogen (secondary N) is 3. The van der Waals surface area contributed by atoms with Gasteiger partial charge in [0.2, 0.25) is 0 Å². The van der Waals surface area contributed by atoms with E-state index in [1.807, 2.05) is 13.0 Å². The number of aromatic nitrogens is 2. The van der Waals surface area contributed by atoms with E-state index in [-0.39, 0.29) is 17.9 Å². The molecule has 1 aliphatic rings. The molecule has 162 valence electrons. The van der Waals surface area contributed by atoms with Crippen LogP contribution in [0, 0.1) is 6.92 Å². The fourth-order valence-electron chi connectivity index (χ4n) is 3.40. The molecule has 4 rings (SSSR count). The number of hydrogen-bond acceptors (Lipinski definition) is 5. The van der Waals surface area contributed by atoms with Crippen molar-refractivity contribution in [2.75, 3.05) is 5.32 Å². The van der Waals surface area contributed by atoms with Gasteiger partial charge in [-0.05, 0) is 31.2 Å². The zero-order valence-corrected chi connectivity index (χ0v) is 16.2. The summed E-state index contributed by atoms with van der Waals surface area (Å²) < 4.78 is 46.9. The van der Waals surface area contributed by atoms with Gasteiger partial charge in [-0.15, -0.1) is 0 Å². The molecule has 0 aliphatic carbocycles. The van der Waals surface area contributed by atoms with Gasteiger partial charge in [0.1, 0.15) is 11.6 Å². The normalized spacial score (nSPS) is 18.1. The number of fused-ring (bicyclic) bond motifs is 1. The van der Waals surface area contributed by atoms with Crippen molar-refractivity contribution < 1.29 is 27.2 Å². The Morgan fingerprint density at radius 3 is 2.61 bits per heavy atom. The van der Waals surface area contributed by atoms with Crippen molar-refractivity contribution in [3.8, 4) is 0 Å². The number of carbonyl (C=O) groups excluding carboxylic acids is 2. The quantitative estimate of drug-likeness (QED) is 0.549. The van der Waals surface area contributed by atoms with Gasteiger partial charge in [0.15, 0.2) is 11.7 Å². The van der Waals surface area contributed by atoms with Gasteiger partial charge < -0.3 is 9.73 Å². The minimum Gasteiger partial charge on any atom is -0.467 e.